The normalized spacial score (nSPS) is 16.2. The highest BCUT2D eigenvalue weighted by molar-refractivity contribution is 6.01. The Hall–Kier alpha value is -1.86. The monoisotopic (exact) mass is 342 g/mol. The molecule has 7 nitrogen and oxygen atoms in total. The number of hydrogen-bond donors (Lipinski definition) is 3. The van der Waals surface area contributed by atoms with E-state index >= 15 is 0 Å². The van der Waals surface area contributed by atoms with Crippen molar-refractivity contribution >= 4 is 29.7 Å². The molecule has 1 unspecified atom stereocenters. The van der Waals surface area contributed by atoms with Crippen molar-refractivity contribution in [2.24, 2.45) is 11.7 Å². The van der Waals surface area contributed by atoms with Crippen LogP contribution in [0.2, 0.25) is 0 Å². The third-order valence-electron chi connectivity index (χ3n) is 4.31. The van der Waals surface area contributed by atoms with Crippen LogP contribution in [0, 0.1) is 16.0 Å². The number of nitrogens with zero attached hydrogens (tertiary/aromatic N) is 1. The molecule has 5 N–H and O–H groups in total. The van der Waals surface area contributed by atoms with Crippen molar-refractivity contribution < 1.29 is 9.72 Å². The maximum Gasteiger partial charge on any atom is 0.292 e. The zero-order chi connectivity index (χ0) is 16.1. The molecule has 0 heterocycles. The van der Waals surface area contributed by atoms with Gasteiger partial charge in [0.25, 0.3) is 11.6 Å². The number of carbonyl (C=O) groups is 1. The van der Waals surface area contributed by atoms with Gasteiger partial charge in [-0.2, -0.15) is 0 Å². The fraction of sp³-hybridized carbons (Fsp3) is 0.533. The minimum absolute atomic E-state index is 0. The molecule has 1 fully saturated rings. The second kappa shape index (κ2) is 8.69. The Bertz CT molecular complexity index is 562. The molecule has 1 aliphatic rings. The molecule has 0 bridgehead atoms. The molecule has 8 heteroatoms. The number of hydrogen-bond acceptors (Lipinski definition) is 5. The summed E-state index contributed by atoms with van der Waals surface area (Å²) in [6, 6.07) is 4.12. The summed E-state index contributed by atoms with van der Waals surface area (Å²) in [5.74, 6) is -0.0372. The summed E-state index contributed by atoms with van der Waals surface area (Å²) in [6.07, 6.45) is 5.62. The van der Waals surface area contributed by atoms with Crippen molar-refractivity contribution in [3.63, 3.8) is 0 Å². The molecular formula is C15H23ClN4O3. The van der Waals surface area contributed by atoms with Gasteiger partial charge < -0.3 is 16.8 Å². The molecule has 1 aromatic carbocycles. The largest absolute Gasteiger partial charge is 0.393 e. The third kappa shape index (κ3) is 4.56. The van der Waals surface area contributed by atoms with Gasteiger partial charge in [-0.15, -0.1) is 12.4 Å². The van der Waals surface area contributed by atoms with E-state index in [0.29, 0.717) is 12.5 Å². The zero-order valence-electron chi connectivity index (χ0n) is 12.9. The first kappa shape index (κ1) is 19.2. The topological polar surface area (TPSA) is 124 Å². The highest BCUT2D eigenvalue weighted by Gasteiger charge is 2.26. The van der Waals surface area contributed by atoms with Crippen LogP contribution in [0.1, 0.15) is 42.5 Å². The van der Waals surface area contributed by atoms with E-state index in [1.807, 2.05) is 0 Å². The number of halogens is 1. The van der Waals surface area contributed by atoms with E-state index in [2.05, 4.69) is 5.32 Å². The minimum Gasteiger partial charge on any atom is -0.393 e. The van der Waals surface area contributed by atoms with E-state index in [1.54, 1.807) is 0 Å². The number of nitrogen functional groups attached to an aromatic ring is 1. The standard InChI is InChI=1S/C15H22N4O3.ClH/c16-9-12(10-5-2-1-3-6-10)18-15(20)11-7-4-8-13(14(11)17)19(21)22;/h4,7-8,10,12H,1-3,5-6,9,16-17H2,(H,18,20);1H. The average molecular weight is 343 g/mol. The molecule has 2 rings (SSSR count). The Labute approximate surface area is 141 Å². The van der Waals surface area contributed by atoms with Crippen molar-refractivity contribution in [3.8, 4) is 0 Å². The summed E-state index contributed by atoms with van der Waals surface area (Å²) in [4.78, 5) is 22.7. The first-order valence-corrected chi connectivity index (χ1v) is 7.58. The van der Waals surface area contributed by atoms with Gasteiger partial charge in [-0.1, -0.05) is 25.3 Å². The maximum atomic E-state index is 12.4. The third-order valence-corrected chi connectivity index (χ3v) is 4.31. The summed E-state index contributed by atoms with van der Waals surface area (Å²) < 4.78 is 0. The predicted molar refractivity (Wildman–Crippen MR) is 91.6 cm³/mol. The molecule has 1 aliphatic carbocycles. The number of para-hydroxylation sites is 1. The van der Waals surface area contributed by atoms with Crippen LogP contribution in [0.5, 0.6) is 0 Å². The Morgan fingerprint density at radius 1 is 1.35 bits per heavy atom. The number of nitrogens with two attached hydrogens (primary N) is 2. The van der Waals surface area contributed by atoms with E-state index in [9.17, 15) is 14.9 Å². The molecular weight excluding hydrogens is 320 g/mol. The number of benzene rings is 1. The van der Waals surface area contributed by atoms with Crippen LogP contribution in [0.25, 0.3) is 0 Å². The first-order valence-electron chi connectivity index (χ1n) is 7.58. The number of nitro groups is 1. The van der Waals surface area contributed by atoms with Crippen molar-refractivity contribution in [2.45, 2.75) is 38.1 Å². The molecule has 0 aliphatic heterocycles. The van der Waals surface area contributed by atoms with Crippen LogP contribution in [0.4, 0.5) is 11.4 Å². The maximum absolute atomic E-state index is 12.4. The van der Waals surface area contributed by atoms with Gasteiger partial charge in [-0.3, -0.25) is 14.9 Å². The van der Waals surface area contributed by atoms with Gasteiger partial charge in [0.2, 0.25) is 0 Å². The molecule has 0 aromatic heterocycles. The van der Waals surface area contributed by atoms with Crippen molar-refractivity contribution in [3.05, 3.63) is 33.9 Å². The Morgan fingerprint density at radius 3 is 2.57 bits per heavy atom. The quantitative estimate of drug-likeness (QED) is 0.430. The van der Waals surface area contributed by atoms with Gasteiger partial charge >= 0.3 is 0 Å². The summed E-state index contributed by atoms with van der Waals surface area (Å²) in [5, 5.41) is 13.8. The lowest BCUT2D eigenvalue weighted by atomic mass is 9.84. The van der Waals surface area contributed by atoms with Gasteiger partial charge in [-0.25, -0.2) is 0 Å². The Kier molecular flexibility index (Phi) is 7.25. The van der Waals surface area contributed by atoms with Gasteiger partial charge in [0, 0.05) is 18.7 Å². The number of rotatable bonds is 5. The van der Waals surface area contributed by atoms with Crippen LogP contribution in [0.3, 0.4) is 0 Å². The number of anilines is 1. The molecule has 0 radical (unpaired) electrons. The SMILES string of the molecule is Cl.NCC(NC(=O)c1cccc([N+](=O)[O-])c1N)C1CCCCC1. The number of nitro benzene ring substituents is 1. The summed E-state index contributed by atoms with van der Waals surface area (Å²) in [7, 11) is 0. The lowest BCUT2D eigenvalue weighted by molar-refractivity contribution is -0.383. The Balaban J connectivity index is 0.00000264. The second-order valence-corrected chi connectivity index (χ2v) is 5.71. The van der Waals surface area contributed by atoms with Crippen LogP contribution in [-0.2, 0) is 0 Å². The molecule has 1 saturated carbocycles. The minimum atomic E-state index is -0.590. The van der Waals surface area contributed by atoms with E-state index in [0.717, 1.165) is 25.7 Å². The molecule has 1 amide bonds. The van der Waals surface area contributed by atoms with Gasteiger partial charge in [0.1, 0.15) is 5.69 Å². The summed E-state index contributed by atoms with van der Waals surface area (Å²) in [6.45, 7) is 0.352. The molecule has 0 saturated heterocycles. The average Bonchev–Trinajstić information content (AvgIpc) is 2.53. The predicted octanol–water partition coefficient (Wildman–Crippen LogP) is 2.24. The van der Waals surface area contributed by atoms with Gasteiger partial charge in [0.05, 0.1) is 10.5 Å². The second-order valence-electron chi connectivity index (χ2n) is 5.71. The zero-order valence-corrected chi connectivity index (χ0v) is 13.7. The first-order chi connectivity index (χ1) is 10.5. The van der Waals surface area contributed by atoms with Crippen LogP contribution in [-0.4, -0.2) is 23.4 Å². The molecule has 0 spiro atoms. The lowest BCUT2D eigenvalue weighted by Gasteiger charge is -2.30. The van der Waals surface area contributed by atoms with Crippen molar-refractivity contribution in [1.29, 1.82) is 0 Å². The van der Waals surface area contributed by atoms with Crippen LogP contribution in [0.15, 0.2) is 18.2 Å². The van der Waals surface area contributed by atoms with E-state index < -0.39 is 10.8 Å². The Morgan fingerprint density at radius 2 is 2.00 bits per heavy atom. The van der Waals surface area contributed by atoms with E-state index in [1.165, 1.54) is 24.6 Å². The summed E-state index contributed by atoms with van der Waals surface area (Å²) >= 11 is 0. The molecule has 1 atom stereocenters. The highest BCUT2D eigenvalue weighted by Crippen LogP contribution is 2.28. The smallest absolute Gasteiger partial charge is 0.292 e. The number of amides is 1. The number of nitrogens with one attached hydrogen (secondary N) is 1. The molecule has 128 valence electrons. The lowest BCUT2D eigenvalue weighted by Crippen LogP contribution is -2.46. The molecule has 1 aromatic rings. The van der Waals surface area contributed by atoms with Crippen LogP contribution < -0.4 is 16.8 Å². The fourth-order valence-electron chi connectivity index (χ4n) is 3.06. The van der Waals surface area contributed by atoms with E-state index in [4.69, 9.17) is 11.5 Å². The number of carbonyl (C=O) groups excluding carboxylic acids is 1. The van der Waals surface area contributed by atoms with Crippen molar-refractivity contribution in [1.82, 2.24) is 5.32 Å². The summed E-state index contributed by atoms with van der Waals surface area (Å²) in [5.41, 5.74) is 11.3. The van der Waals surface area contributed by atoms with E-state index in [-0.39, 0.29) is 35.4 Å². The molecule has 23 heavy (non-hydrogen) atoms. The highest BCUT2D eigenvalue weighted by atomic mass is 35.5. The van der Waals surface area contributed by atoms with Crippen LogP contribution >= 0.6 is 12.4 Å². The van der Waals surface area contributed by atoms with Gasteiger partial charge in [0.15, 0.2) is 0 Å². The van der Waals surface area contributed by atoms with Crippen molar-refractivity contribution in [2.75, 3.05) is 12.3 Å². The fourth-order valence-corrected chi connectivity index (χ4v) is 3.06. The van der Waals surface area contributed by atoms with Gasteiger partial charge in [-0.05, 0) is 24.8 Å².